The first kappa shape index (κ1) is 12.7. The Morgan fingerprint density at radius 3 is 2.71 bits per heavy atom. The Hall–Kier alpha value is 0.660. The quantitative estimate of drug-likeness (QED) is 0.446. The van der Waals surface area contributed by atoms with Crippen LogP contribution in [-0.4, -0.2) is 0 Å². The molecule has 0 spiro atoms. The number of rotatable bonds is 6. The van der Waals surface area contributed by atoms with Crippen molar-refractivity contribution in [2.24, 2.45) is 0 Å². The Kier molecular flexibility index (Phi) is 6.38. The van der Waals surface area contributed by atoms with Gasteiger partial charge in [-0.2, -0.15) is 0 Å². The predicted octanol–water partition coefficient (Wildman–Crippen LogP) is 5.92. The van der Waals surface area contributed by atoms with Crippen LogP contribution < -0.4 is 0 Å². The molecule has 1 rings (SSSR count). The van der Waals surface area contributed by atoms with Crippen LogP contribution >= 0.6 is 43.2 Å². The lowest BCUT2D eigenvalue weighted by atomic mass is 10.1. The van der Waals surface area contributed by atoms with Gasteiger partial charge >= 0.3 is 0 Å². The average Bonchev–Trinajstić information content (AvgIpc) is 2.59. The minimum Gasteiger partial charge on any atom is -0.147 e. The molecular formula is C11H16Br2S. The highest BCUT2D eigenvalue weighted by atomic mass is 79.9. The van der Waals surface area contributed by atoms with Crippen molar-refractivity contribution in [3.05, 3.63) is 20.8 Å². The molecule has 0 N–H and O–H groups in total. The number of hydrogen-bond donors (Lipinski definition) is 0. The van der Waals surface area contributed by atoms with E-state index in [1.165, 1.54) is 41.5 Å². The molecule has 0 radical (unpaired) electrons. The molecule has 0 aromatic carbocycles. The fourth-order valence-corrected chi connectivity index (χ4v) is 4.27. The Morgan fingerprint density at radius 2 is 2.14 bits per heavy atom. The highest BCUT2D eigenvalue weighted by Crippen LogP contribution is 2.37. The van der Waals surface area contributed by atoms with E-state index < -0.39 is 0 Å². The van der Waals surface area contributed by atoms with Crippen LogP contribution in [-0.2, 0) is 0 Å². The van der Waals surface area contributed by atoms with Gasteiger partial charge in [0.05, 0.1) is 4.83 Å². The topological polar surface area (TPSA) is 0 Å². The van der Waals surface area contributed by atoms with Crippen LogP contribution in [0.15, 0.2) is 15.9 Å². The Labute approximate surface area is 107 Å². The third kappa shape index (κ3) is 4.03. The molecule has 3 heteroatoms. The van der Waals surface area contributed by atoms with Crippen molar-refractivity contribution in [1.82, 2.24) is 0 Å². The fraction of sp³-hybridized carbons (Fsp3) is 0.636. The lowest BCUT2D eigenvalue weighted by Crippen LogP contribution is -1.87. The lowest BCUT2D eigenvalue weighted by molar-refractivity contribution is 0.632. The minimum absolute atomic E-state index is 0.536. The summed E-state index contributed by atoms with van der Waals surface area (Å²) in [5.41, 5.74) is 0. The van der Waals surface area contributed by atoms with Crippen LogP contribution in [0.4, 0.5) is 0 Å². The summed E-state index contributed by atoms with van der Waals surface area (Å²) < 4.78 is 1.25. The smallest absolute Gasteiger partial charge is 0.0500 e. The van der Waals surface area contributed by atoms with Gasteiger partial charge in [-0.15, -0.1) is 11.3 Å². The van der Waals surface area contributed by atoms with Gasteiger partial charge in [-0.1, -0.05) is 48.5 Å². The summed E-state index contributed by atoms with van der Waals surface area (Å²) in [5, 5.41) is 2.14. The fourth-order valence-electron chi connectivity index (χ4n) is 1.41. The predicted molar refractivity (Wildman–Crippen MR) is 72.4 cm³/mol. The standard InChI is InChI=1S/C11H16Br2S/c1-2-3-4-5-6-9(12)11-10(13)7-8-14-11/h7-9H,2-6H2,1H3. The largest absolute Gasteiger partial charge is 0.147 e. The lowest BCUT2D eigenvalue weighted by Gasteiger charge is -2.07. The second-order valence-electron chi connectivity index (χ2n) is 3.45. The maximum atomic E-state index is 3.75. The molecule has 1 atom stereocenters. The van der Waals surface area contributed by atoms with Gasteiger partial charge in [0.25, 0.3) is 0 Å². The van der Waals surface area contributed by atoms with E-state index in [9.17, 15) is 0 Å². The number of unbranched alkanes of at least 4 members (excludes halogenated alkanes) is 3. The van der Waals surface area contributed by atoms with Crippen molar-refractivity contribution in [3.8, 4) is 0 Å². The van der Waals surface area contributed by atoms with E-state index in [-0.39, 0.29) is 0 Å². The molecule has 0 aliphatic rings. The summed E-state index contributed by atoms with van der Waals surface area (Å²) in [6.45, 7) is 2.25. The minimum atomic E-state index is 0.536. The molecule has 80 valence electrons. The second kappa shape index (κ2) is 7.02. The summed E-state index contributed by atoms with van der Waals surface area (Å²) in [7, 11) is 0. The van der Waals surface area contributed by atoms with Crippen LogP contribution in [0.1, 0.15) is 48.7 Å². The van der Waals surface area contributed by atoms with E-state index in [2.05, 4.69) is 50.2 Å². The maximum Gasteiger partial charge on any atom is 0.0500 e. The van der Waals surface area contributed by atoms with Crippen LogP contribution in [0.3, 0.4) is 0 Å². The highest BCUT2D eigenvalue weighted by molar-refractivity contribution is 9.11. The molecule has 0 aliphatic heterocycles. The third-order valence-corrected chi connectivity index (χ3v) is 5.44. The van der Waals surface area contributed by atoms with Crippen LogP contribution in [0.25, 0.3) is 0 Å². The van der Waals surface area contributed by atoms with Crippen molar-refractivity contribution < 1.29 is 0 Å². The van der Waals surface area contributed by atoms with Gasteiger partial charge < -0.3 is 0 Å². The maximum absolute atomic E-state index is 3.75. The van der Waals surface area contributed by atoms with Gasteiger partial charge in [0, 0.05) is 9.35 Å². The van der Waals surface area contributed by atoms with Crippen molar-refractivity contribution in [1.29, 1.82) is 0 Å². The zero-order valence-corrected chi connectivity index (χ0v) is 12.4. The summed E-state index contributed by atoms with van der Waals surface area (Å²) in [5.74, 6) is 0. The van der Waals surface area contributed by atoms with Crippen molar-refractivity contribution in [2.75, 3.05) is 0 Å². The van der Waals surface area contributed by atoms with Crippen LogP contribution in [0, 0.1) is 0 Å². The summed E-state index contributed by atoms with van der Waals surface area (Å²) >= 11 is 9.15. The molecule has 0 amide bonds. The van der Waals surface area contributed by atoms with E-state index in [0.29, 0.717) is 4.83 Å². The molecule has 1 aromatic rings. The molecule has 14 heavy (non-hydrogen) atoms. The van der Waals surface area contributed by atoms with E-state index >= 15 is 0 Å². The molecule has 0 saturated carbocycles. The van der Waals surface area contributed by atoms with E-state index in [1.54, 1.807) is 0 Å². The first-order valence-corrected chi connectivity index (χ1v) is 7.71. The SMILES string of the molecule is CCCCCCC(Br)c1sccc1Br. The van der Waals surface area contributed by atoms with Crippen molar-refractivity contribution in [3.63, 3.8) is 0 Å². The normalized spacial score (nSPS) is 13.1. The summed E-state index contributed by atoms with van der Waals surface area (Å²) in [6.07, 6.45) is 6.62. The molecule has 0 nitrogen and oxygen atoms in total. The number of halogens is 2. The molecule has 0 fully saturated rings. The van der Waals surface area contributed by atoms with E-state index in [1.807, 2.05) is 11.3 Å². The van der Waals surface area contributed by atoms with E-state index in [4.69, 9.17) is 0 Å². The first-order chi connectivity index (χ1) is 6.75. The van der Waals surface area contributed by atoms with Crippen LogP contribution in [0.2, 0.25) is 0 Å². The molecule has 1 heterocycles. The van der Waals surface area contributed by atoms with Crippen LogP contribution in [0.5, 0.6) is 0 Å². The number of hydrogen-bond acceptors (Lipinski definition) is 1. The zero-order valence-electron chi connectivity index (χ0n) is 8.43. The Balaban J connectivity index is 2.28. The number of thiophene rings is 1. The third-order valence-electron chi connectivity index (χ3n) is 2.24. The second-order valence-corrected chi connectivity index (χ2v) is 6.36. The highest BCUT2D eigenvalue weighted by Gasteiger charge is 2.11. The van der Waals surface area contributed by atoms with E-state index in [0.717, 1.165) is 0 Å². The van der Waals surface area contributed by atoms with Crippen molar-refractivity contribution in [2.45, 2.75) is 43.9 Å². The Morgan fingerprint density at radius 1 is 1.36 bits per heavy atom. The van der Waals surface area contributed by atoms with Gasteiger partial charge in [-0.25, -0.2) is 0 Å². The van der Waals surface area contributed by atoms with Gasteiger partial charge in [0.15, 0.2) is 0 Å². The molecule has 0 aliphatic carbocycles. The summed E-state index contributed by atoms with van der Waals surface area (Å²) in [4.78, 5) is 1.97. The first-order valence-electron chi connectivity index (χ1n) is 5.12. The molecular weight excluding hydrogens is 324 g/mol. The van der Waals surface area contributed by atoms with Gasteiger partial charge in [0.1, 0.15) is 0 Å². The average molecular weight is 340 g/mol. The Bertz CT molecular complexity index is 258. The molecule has 0 saturated heterocycles. The van der Waals surface area contributed by atoms with Gasteiger partial charge in [0.2, 0.25) is 0 Å². The molecule has 0 bridgehead atoms. The number of alkyl halides is 1. The van der Waals surface area contributed by atoms with Gasteiger partial charge in [-0.3, -0.25) is 0 Å². The van der Waals surface area contributed by atoms with Gasteiger partial charge in [-0.05, 0) is 33.8 Å². The monoisotopic (exact) mass is 338 g/mol. The van der Waals surface area contributed by atoms with Crippen molar-refractivity contribution >= 4 is 43.2 Å². The summed E-state index contributed by atoms with van der Waals surface area (Å²) in [6, 6.07) is 2.13. The molecule has 1 aromatic heterocycles. The molecule has 1 unspecified atom stereocenters. The zero-order chi connectivity index (χ0) is 10.4.